The van der Waals surface area contributed by atoms with Crippen LogP contribution in [0.4, 0.5) is 14.4 Å². The number of ether oxygens (including phenoxy) is 9. The van der Waals surface area contributed by atoms with Crippen molar-refractivity contribution in [2.75, 3.05) is 7.05 Å². The Kier molecular flexibility index (Phi) is 14.0. The van der Waals surface area contributed by atoms with Gasteiger partial charge in [0.2, 0.25) is 0 Å². The Bertz CT molecular complexity index is 1800. The fourth-order valence-electron chi connectivity index (χ4n) is 9.62. The van der Waals surface area contributed by atoms with E-state index in [2.05, 4.69) is 0 Å². The molecule has 0 spiro atoms. The minimum absolute atomic E-state index is 0.0213. The average molecular weight is 840 g/mol. The minimum atomic E-state index is -1.34. The number of esters is 1. The Morgan fingerprint density at radius 2 is 1.50 bits per heavy atom. The Morgan fingerprint density at radius 3 is 2.12 bits per heavy atom. The molecule has 5 unspecified atom stereocenters. The van der Waals surface area contributed by atoms with Crippen LogP contribution < -0.4 is 0 Å². The van der Waals surface area contributed by atoms with Crippen molar-refractivity contribution in [1.29, 1.82) is 0 Å². The first kappa shape index (κ1) is 45.1. The van der Waals surface area contributed by atoms with Crippen molar-refractivity contribution >= 4 is 24.4 Å². The average Bonchev–Trinajstić information content (AvgIpc) is 3.72. The minimum Gasteiger partial charge on any atom is -0.457 e. The van der Waals surface area contributed by atoms with Crippen LogP contribution in [0.25, 0.3) is 0 Å². The van der Waals surface area contributed by atoms with Crippen LogP contribution in [0.15, 0.2) is 60.7 Å². The monoisotopic (exact) mass is 839 g/mol. The number of hydrogen-bond donors (Lipinski definition) is 1. The van der Waals surface area contributed by atoms with Gasteiger partial charge < -0.3 is 52.6 Å². The predicted octanol–water partition coefficient (Wildman–Crippen LogP) is 6.95. The number of likely N-dealkylation sites (N-methyl/N-ethyl adjacent to an activating group) is 1. The van der Waals surface area contributed by atoms with Crippen LogP contribution in [-0.4, -0.2) is 108 Å². The number of benzene rings is 2. The molecule has 15 atom stereocenters. The van der Waals surface area contributed by atoms with E-state index in [4.69, 9.17) is 42.6 Å². The number of fused-ring (bicyclic) bond motifs is 2. The SMILES string of the molecule is CC[C@H]1OC(=O)O[C@@]1(C)[C@@H]1OC(=O)[C@H](C)[C@@H](O)[C@H](C)[C@@H](O[C@@H]2OC(C)CC(N(C)C(=O)OCc3ccccc3)C2OC(=O)OCc2ccccc2)[C@]2(C)CC(C)C(O2)[C@@H]1C. The van der Waals surface area contributed by atoms with Crippen LogP contribution in [0, 0.1) is 23.7 Å². The Balaban J connectivity index is 1.32. The van der Waals surface area contributed by atoms with Crippen molar-refractivity contribution in [2.24, 2.45) is 23.7 Å². The molecule has 0 saturated carbocycles. The highest BCUT2D eigenvalue weighted by molar-refractivity contribution is 5.73. The normalized spacial score (nSPS) is 38.1. The summed E-state index contributed by atoms with van der Waals surface area (Å²) < 4.78 is 55.2. The third-order valence-electron chi connectivity index (χ3n) is 12.8. The number of carbonyl (C=O) groups excluding carboxylic acids is 4. The molecule has 4 heterocycles. The topological polar surface area (TPSA) is 175 Å². The van der Waals surface area contributed by atoms with Gasteiger partial charge in [0.25, 0.3) is 0 Å². The molecule has 2 bridgehead atoms. The van der Waals surface area contributed by atoms with Crippen molar-refractivity contribution in [3.8, 4) is 0 Å². The van der Waals surface area contributed by atoms with Crippen LogP contribution in [-0.2, 0) is 60.6 Å². The number of aliphatic hydroxyl groups excluding tert-OH is 1. The van der Waals surface area contributed by atoms with Crippen molar-refractivity contribution in [2.45, 2.75) is 154 Å². The highest BCUT2D eigenvalue weighted by Crippen LogP contribution is 2.49. The van der Waals surface area contributed by atoms with Gasteiger partial charge in [-0.15, -0.1) is 0 Å². The van der Waals surface area contributed by atoms with Gasteiger partial charge >= 0.3 is 24.4 Å². The van der Waals surface area contributed by atoms with Gasteiger partial charge in [0.15, 0.2) is 18.0 Å². The Morgan fingerprint density at radius 1 is 0.883 bits per heavy atom. The molecule has 0 aromatic heterocycles. The van der Waals surface area contributed by atoms with Crippen LogP contribution in [0.5, 0.6) is 0 Å². The van der Waals surface area contributed by atoms with Crippen LogP contribution in [0.2, 0.25) is 0 Å². The molecule has 1 amide bonds. The van der Waals surface area contributed by atoms with E-state index in [1.807, 2.05) is 95.3 Å². The van der Waals surface area contributed by atoms with Gasteiger partial charge in [-0.25, -0.2) is 14.4 Å². The number of amides is 1. The first-order chi connectivity index (χ1) is 28.4. The molecule has 330 valence electrons. The van der Waals surface area contributed by atoms with Crippen LogP contribution in [0.1, 0.15) is 85.8 Å². The maximum atomic E-state index is 14.0. The maximum absolute atomic E-state index is 14.0. The molecule has 2 aromatic rings. The number of carbonyl (C=O) groups is 4. The number of cyclic esters (lactones) is 3. The standard InChI is InChI=1S/C45H61NO14/c1-10-33-45(8,60-43(51)55-33)38-29(6)35-25(2)22-44(7,59-35)37(27(4)34(47)28(5)39(48)57-38)58-40-36(56-42(50)53-24-31-19-15-12-16-20-31)32(21-26(3)54-40)46(9)41(49)52-23-30-17-13-11-14-18-30/h11-20,25-29,32-38,40,47H,10,21-24H2,1-9H3/t25?,26?,27-,28+,29-,32?,33+,34-,35?,36?,37+,38+,40-,44-,45+/m0/s1. The molecule has 6 rings (SSSR count). The number of nitrogens with zero attached hydrogens (tertiary/aromatic N) is 1. The second-order valence-electron chi connectivity index (χ2n) is 17.4. The van der Waals surface area contributed by atoms with E-state index < -0.39 is 108 Å². The van der Waals surface area contributed by atoms with Crippen molar-refractivity contribution in [3.63, 3.8) is 0 Å². The second-order valence-corrected chi connectivity index (χ2v) is 17.4. The quantitative estimate of drug-likeness (QED) is 0.192. The lowest BCUT2D eigenvalue weighted by Crippen LogP contribution is -2.61. The first-order valence-electron chi connectivity index (χ1n) is 21.0. The van der Waals surface area contributed by atoms with E-state index in [-0.39, 0.29) is 25.6 Å². The third-order valence-corrected chi connectivity index (χ3v) is 12.8. The molecular weight excluding hydrogens is 778 g/mol. The summed E-state index contributed by atoms with van der Waals surface area (Å²) in [6.45, 7) is 14.5. The van der Waals surface area contributed by atoms with E-state index in [0.29, 0.717) is 12.8 Å². The zero-order chi connectivity index (χ0) is 43.5. The highest BCUT2D eigenvalue weighted by Gasteiger charge is 2.61. The summed E-state index contributed by atoms with van der Waals surface area (Å²) in [5, 5.41) is 12.0. The second kappa shape index (κ2) is 18.7. The predicted molar refractivity (Wildman–Crippen MR) is 214 cm³/mol. The Hall–Kier alpha value is -4.44. The number of hydrogen-bond acceptors (Lipinski definition) is 14. The summed E-state index contributed by atoms with van der Waals surface area (Å²) in [5.41, 5.74) is -0.905. The fraction of sp³-hybridized carbons (Fsp3) is 0.644. The van der Waals surface area contributed by atoms with E-state index in [0.717, 1.165) is 11.1 Å². The van der Waals surface area contributed by atoms with E-state index >= 15 is 0 Å². The van der Waals surface area contributed by atoms with Gasteiger partial charge in [-0.05, 0) is 64.0 Å². The van der Waals surface area contributed by atoms with Gasteiger partial charge in [-0.1, -0.05) is 88.4 Å². The van der Waals surface area contributed by atoms with Crippen molar-refractivity contribution in [1.82, 2.24) is 4.90 Å². The zero-order valence-corrected chi connectivity index (χ0v) is 36.0. The summed E-state index contributed by atoms with van der Waals surface area (Å²) in [4.78, 5) is 55.1. The molecule has 4 aliphatic heterocycles. The lowest BCUT2D eigenvalue weighted by Gasteiger charge is -2.47. The largest absolute Gasteiger partial charge is 0.509 e. The molecule has 60 heavy (non-hydrogen) atoms. The van der Waals surface area contributed by atoms with E-state index in [1.165, 1.54) is 4.90 Å². The van der Waals surface area contributed by atoms with Crippen LogP contribution >= 0.6 is 0 Å². The van der Waals surface area contributed by atoms with E-state index in [9.17, 15) is 24.3 Å². The number of aliphatic hydroxyl groups is 1. The molecule has 15 nitrogen and oxygen atoms in total. The van der Waals surface area contributed by atoms with Gasteiger partial charge in [0.05, 0.1) is 42.0 Å². The molecule has 0 radical (unpaired) electrons. The molecular formula is C45H61NO14. The third kappa shape index (κ3) is 9.54. The van der Waals surface area contributed by atoms with Gasteiger partial charge in [-0.3, -0.25) is 4.79 Å². The van der Waals surface area contributed by atoms with Crippen LogP contribution in [0.3, 0.4) is 0 Å². The molecule has 4 fully saturated rings. The van der Waals surface area contributed by atoms with Gasteiger partial charge in [0.1, 0.15) is 25.4 Å². The highest BCUT2D eigenvalue weighted by atomic mass is 16.8. The first-order valence-corrected chi connectivity index (χ1v) is 21.0. The lowest BCUT2D eigenvalue weighted by molar-refractivity contribution is -0.301. The summed E-state index contributed by atoms with van der Waals surface area (Å²) in [5.74, 6) is -3.20. The summed E-state index contributed by atoms with van der Waals surface area (Å²) in [7, 11) is 1.56. The maximum Gasteiger partial charge on any atom is 0.509 e. The summed E-state index contributed by atoms with van der Waals surface area (Å²) in [6, 6.07) is 17.6. The molecule has 1 N–H and O–H groups in total. The lowest BCUT2D eigenvalue weighted by atomic mass is 9.76. The molecule has 0 aliphatic carbocycles. The molecule has 2 aromatic carbocycles. The Labute approximate surface area is 352 Å². The number of rotatable bonds is 10. The van der Waals surface area contributed by atoms with E-state index in [1.54, 1.807) is 27.8 Å². The smallest absolute Gasteiger partial charge is 0.457 e. The van der Waals surface area contributed by atoms with Gasteiger partial charge in [-0.2, -0.15) is 0 Å². The van der Waals surface area contributed by atoms with Crippen molar-refractivity contribution in [3.05, 3.63) is 71.8 Å². The molecule has 15 heteroatoms. The van der Waals surface area contributed by atoms with Crippen molar-refractivity contribution < 1.29 is 66.9 Å². The zero-order valence-electron chi connectivity index (χ0n) is 36.0. The van der Waals surface area contributed by atoms with Gasteiger partial charge in [0, 0.05) is 18.9 Å². The summed E-state index contributed by atoms with van der Waals surface area (Å²) in [6.07, 6.45) is -8.97. The molecule has 4 saturated heterocycles. The summed E-state index contributed by atoms with van der Waals surface area (Å²) >= 11 is 0. The fourth-order valence-corrected chi connectivity index (χ4v) is 9.62. The molecule has 4 aliphatic rings.